The summed E-state index contributed by atoms with van der Waals surface area (Å²) in [6.07, 6.45) is -0.908. The lowest BCUT2D eigenvalue weighted by atomic mass is 9.83. The number of piperidine rings is 1. The van der Waals surface area contributed by atoms with E-state index < -0.39 is 29.8 Å². The number of hydrogen-bond acceptors (Lipinski definition) is 7. The Morgan fingerprint density at radius 3 is 2.71 bits per heavy atom. The average Bonchev–Trinajstić information content (AvgIpc) is 3.24. The highest BCUT2D eigenvalue weighted by molar-refractivity contribution is 6.04. The minimum absolute atomic E-state index is 0.0914. The molecular formula is C19H22N2O7. The Hall–Kier alpha value is -2.97. The molecule has 150 valence electrons. The van der Waals surface area contributed by atoms with Crippen LogP contribution < -0.4 is 9.47 Å². The van der Waals surface area contributed by atoms with Crippen LogP contribution in [0.3, 0.4) is 0 Å². The molecule has 1 amide bonds. The molecule has 0 radical (unpaired) electrons. The van der Waals surface area contributed by atoms with Crippen LogP contribution >= 0.6 is 0 Å². The first-order chi connectivity index (χ1) is 13.2. The number of carbonyl (C=O) groups excluding carboxylic acids is 1. The summed E-state index contributed by atoms with van der Waals surface area (Å²) in [5, 5.41) is 13.9. The van der Waals surface area contributed by atoms with Crippen molar-refractivity contribution in [1.82, 2.24) is 4.90 Å². The zero-order chi connectivity index (χ0) is 20.1. The SMILES string of the molecule is CC(C)(C)OC(=O)N1CC2ON=C(c3ccc4c(c3)OCO4)C2C[C@H]1C(=O)O. The topological polar surface area (TPSA) is 107 Å². The quantitative estimate of drug-likeness (QED) is 0.825. The van der Waals surface area contributed by atoms with Gasteiger partial charge < -0.3 is 24.2 Å². The van der Waals surface area contributed by atoms with Gasteiger partial charge in [0.05, 0.1) is 12.3 Å². The number of carboxylic acid groups (broad SMARTS) is 1. The van der Waals surface area contributed by atoms with Gasteiger partial charge in [-0.3, -0.25) is 4.90 Å². The standard InChI is InChI=1S/C19H22N2O7/c1-19(2,3)27-18(24)21-8-15-11(7-12(21)17(22)23)16(20-28-15)10-4-5-13-14(6-10)26-9-25-13/h4-6,11-12,15H,7-9H2,1-3H3,(H,22,23)/t11?,12-,15?/m0/s1. The summed E-state index contributed by atoms with van der Waals surface area (Å²) in [7, 11) is 0. The third-order valence-electron chi connectivity index (χ3n) is 4.90. The smallest absolute Gasteiger partial charge is 0.411 e. The first-order valence-corrected chi connectivity index (χ1v) is 9.09. The van der Waals surface area contributed by atoms with E-state index in [1.807, 2.05) is 12.1 Å². The maximum atomic E-state index is 12.5. The molecule has 9 heteroatoms. The molecule has 1 aromatic carbocycles. The van der Waals surface area contributed by atoms with Crippen molar-refractivity contribution in [2.75, 3.05) is 13.3 Å². The van der Waals surface area contributed by atoms with E-state index in [1.54, 1.807) is 26.8 Å². The predicted octanol–water partition coefficient (Wildman–Crippen LogP) is 2.23. The maximum absolute atomic E-state index is 12.5. The molecule has 0 bridgehead atoms. The highest BCUT2D eigenvalue weighted by Crippen LogP contribution is 2.38. The summed E-state index contributed by atoms with van der Waals surface area (Å²) in [6, 6.07) is 4.42. The van der Waals surface area contributed by atoms with E-state index in [0.29, 0.717) is 17.2 Å². The van der Waals surface area contributed by atoms with Crippen molar-refractivity contribution < 1.29 is 33.7 Å². The van der Waals surface area contributed by atoms with Gasteiger partial charge in [-0.2, -0.15) is 0 Å². The molecular weight excluding hydrogens is 368 g/mol. The fourth-order valence-corrected chi connectivity index (χ4v) is 3.63. The highest BCUT2D eigenvalue weighted by Gasteiger charge is 2.48. The number of aliphatic carboxylic acids is 1. The molecule has 1 saturated heterocycles. The summed E-state index contributed by atoms with van der Waals surface area (Å²) in [5.74, 6) is -0.0611. The first kappa shape index (κ1) is 18.4. The lowest BCUT2D eigenvalue weighted by molar-refractivity contribution is -0.146. The van der Waals surface area contributed by atoms with Crippen molar-refractivity contribution in [3.05, 3.63) is 23.8 Å². The zero-order valence-electron chi connectivity index (χ0n) is 15.9. The number of oxime groups is 1. The third kappa shape index (κ3) is 3.32. The molecule has 1 fully saturated rings. The number of likely N-dealkylation sites (tertiary alicyclic amines) is 1. The summed E-state index contributed by atoms with van der Waals surface area (Å²) in [5.41, 5.74) is 0.715. The van der Waals surface area contributed by atoms with Gasteiger partial charge >= 0.3 is 12.1 Å². The Bertz CT molecular complexity index is 845. The van der Waals surface area contributed by atoms with Crippen LogP contribution in [0, 0.1) is 5.92 Å². The fourth-order valence-electron chi connectivity index (χ4n) is 3.63. The molecule has 0 saturated carbocycles. The zero-order valence-corrected chi connectivity index (χ0v) is 15.9. The van der Waals surface area contributed by atoms with Gasteiger partial charge in [-0.25, -0.2) is 9.59 Å². The summed E-state index contributed by atoms with van der Waals surface area (Å²) in [6.45, 7) is 5.47. The van der Waals surface area contributed by atoms with Crippen molar-refractivity contribution in [2.24, 2.45) is 11.1 Å². The van der Waals surface area contributed by atoms with Gasteiger partial charge in [-0.05, 0) is 45.4 Å². The van der Waals surface area contributed by atoms with Crippen LogP contribution in [-0.4, -0.2) is 58.9 Å². The molecule has 3 aliphatic rings. The van der Waals surface area contributed by atoms with E-state index in [9.17, 15) is 14.7 Å². The highest BCUT2D eigenvalue weighted by atomic mass is 16.7. The van der Waals surface area contributed by atoms with Crippen LogP contribution in [0.2, 0.25) is 0 Å². The number of carboxylic acids is 1. The van der Waals surface area contributed by atoms with E-state index in [0.717, 1.165) is 5.56 Å². The molecule has 3 aliphatic heterocycles. The van der Waals surface area contributed by atoms with Gasteiger partial charge in [0.15, 0.2) is 17.6 Å². The van der Waals surface area contributed by atoms with E-state index in [-0.39, 0.29) is 25.7 Å². The molecule has 4 rings (SSSR count). The third-order valence-corrected chi connectivity index (χ3v) is 4.90. The van der Waals surface area contributed by atoms with Crippen molar-refractivity contribution in [1.29, 1.82) is 0 Å². The van der Waals surface area contributed by atoms with Crippen LogP contribution in [-0.2, 0) is 14.4 Å². The number of hydrogen-bond donors (Lipinski definition) is 1. The summed E-state index contributed by atoms with van der Waals surface area (Å²) in [4.78, 5) is 31.1. The Labute approximate surface area is 161 Å². The van der Waals surface area contributed by atoms with Crippen LogP contribution in [0.25, 0.3) is 0 Å². The van der Waals surface area contributed by atoms with Crippen molar-refractivity contribution in [3.8, 4) is 11.5 Å². The number of fused-ring (bicyclic) bond motifs is 2. The largest absolute Gasteiger partial charge is 0.480 e. The van der Waals surface area contributed by atoms with Crippen LogP contribution in [0.4, 0.5) is 4.79 Å². The van der Waals surface area contributed by atoms with Gasteiger partial charge in [0.1, 0.15) is 11.6 Å². The number of rotatable bonds is 2. The minimum Gasteiger partial charge on any atom is -0.480 e. The van der Waals surface area contributed by atoms with Crippen LogP contribution in [0.15, 0.2) is 23.4 Å². The Morgan fingerprint density at radius 1 is 1.25 bits per heavy atom. The van der Waals surface area contributed by atoms with Gasteiger partial charge in [0.2, 0.25) is 6.79 Å². The number of nitrogens with zero attached hydrogens (tertiary/aromatic N) is 2. The molecule has 28 heavy (non-hydrogen) atoms. The Morgan fingerprint density at radius 2 is 2.00 bits per heavy atom. The van der Waals surface area contributed by atoms with Gasteiger partial charge in [-0.1, -0.05) is 5.16 Å². The molecule has 3 heterocycles. The second kappa shape index (κ2) is 6.57. The summed E-state index contributed by atoms with van der Waals surface area (Å²) >= 11 is 0. The molecule has 9 nitrogen and oxygen atoms in total. The second-order valence-electron chi connectivity index (χ2n) is 8.02. The summed E-state index contributed by atoms with van der Waals surface area (Å²) < 4.78 is 16.1. The molecule has 1 N–H and O–H groups in total. The Balaban J connectivity index is 1.56. The lowest BCUT2D eigenvalue weighted by Gasteiger charge is -2.38. The molecule has 0 aliphatic carbocycles. The maximum Gasteiger partial charge on any atom is 0.411 e. The van der Waals surface area contributed by atoms with Gasteiger partial charge in [0, 0.05) is 11.5 Å². The van der Waals surface area contributed by atoms with E-state index in [2.05, 4.69) is 5.16 Å². The van der Waals surface area contributed by atoms with Crippen LogP contribution in [0.1, 0.15) is 32.8 Å². The minimum atomic E-state index is -1.08. The Kier molecular flexibility index (Phi) is 4.32. The average molecular weight is 390 g/mol. The molecule has 1 aromatic rings. The van der Waals surface area contributed by atoms with E-state index in [1.165, 1.54) is 4.90 Å². The first-order valence-electron chi connectivity index (χ1n) is 9.09. The molecule has 2 unspecified atom stereocenters. The number of carbonyl (C=O) groups is 2. The van der Waals surface area contributed by atoms with E-state index in [4.69, 9.17) is 19.0 Å². The fraction of sp³-hybridized carbons (Fsp3) is 0.526. The van der Waals surface area contributed by atoms with Crippen molar-refractivity contribution in [3.63, 3.8) is 0 Å². The second-order valence-corrected chi connectivity index (χ2v) is 8.02. The number of amides is 1. The van der Waals surface area contributed by atoms with Gasteiger partial charge in [-0.15, -0.1) is 0 Å². The number of benzene rings is 1. The van der Waals surface area contributed by atoms with Crippen LogP contribution in [0.5, 0.6) is 11.5 Å². The number of ether oxygens (including phenoxy) is 3. The lowest BCUT2D eigenvalue weighted by Crippen LogP contribution is -2.56. The van der Waals surface area contributed by atoms with Gasteiger partial charge in [0.25, 0.3) is 0 Å². The van der Waals surface area contributed by atoms with Crippen molar-refractivity contribution >= 4 is 17.8 Å². The van der Waals surface area contributed by atoms with Crippen molar-refractivity contribution in [2.45, 2.75) is 44.9 Å². The monoisotopic (exact) mass is 390 g/mol. The molecule has 0 aromatic heterocycles. The predicted molar refractivity (Wildman–Crippen MR) is 96.4 cm³/mol. The molecule has 0 spiro atoms. The normalized spacial score (nSPS) is 25.6. The van der Waals surface area contributed by atoms with E-state index >= 15 is 0 Å². The molecule has 3 atom stereocenters.